The predicted octanol–water partition coefficient (Wildman–Crippen LogP) is -0.261. The van der Waals surface area contributed by atoms with E-state index >= 15 is 0 Å². The van der Waals surface area contributed by atoms with E-state index < -0.39 is 6.10 Å². The summed E-state index contributed by atoms with van der Waals surface area (Å²) in [5, 5.41) is 17.3. The van der Waals surface area contributed by atoms with Crippen molar-refractivity contribution in [2.45, 2.75) is 25.7 Å². The maximum absolute atomic E-state index is 8.87. The smallest absolute Gasteiger partial charge is 0.157 e. The van der Waals surface area contributed by atoms with E-state index in [4.69, 9.17) is 19.7 Å². The van der Waals surface area contributed by atoms with E-state index in [0.29, 0.717) is 0 Å². The highest BCUT2D eigenvalue weighted by atomic mass is 16.7. The van der Waals surface area contributed by atoms with Crippen LogP contribution in [0.15, 0.2) is 0 Å². The van der Waals surface area contributed by atoms with Gasteiger partial charge in [-0.3, -0.25) is 0 Å². The fraction of sp³-hybridized carbons (Fsp3) is 1.00. The van der Waals surface area contributed by atoms with Crippen LogP contribution in [-0.2, 0) is 9.47 Å². The minimum Gasteiger partial charge on any atom is -0.394 e. The molecular weight excluding hydrogens is 148 g/mol. The summed E-state index contributed by atoms with van der Waals surface area (Å²) in [5.74, 6) is 0. The molecule has 0 spiro atoms. The van der Waals surface area contributed by atoms with Crippen molar-refractivity contribution in [3.05, 3.63) is 0 Å². The third-order valence-electron chi connectivity index (χ3n) is 1.28. The molecule has 11 heavy (non-hydrogen) atoms. The van der Waals surface area contributed by atoms with E-state index in [0.717, 1.165) is 6.42 Å². The van der Waals surface area contributed by atoms with Gasteiger partial charge in [0.1, 0.15) is 6.10 Å². The van der Waals surface area contributed by atoms with Crippen molar-refractivity contribution in [3.8, 4) is 0 Å². The molecule has 0 bridgehead atoms. The Labute approximate surface area is 66.7 Å². The van der Waals surface area contributed by atoms with Crippen LogP contribution in [0.2, 0.25) is 0 Å². The molecule has 0 aliphatic carbocycles. The number of aliphatic hydroxyl groups is 2. The summed E-state index contributed by atoms with van der Waals surface area (Å²) in [6.07, 6.45) is -0.357. The summed E-state index contributed by atoms with van der Waals surface area (Å²) in [4.78, 5) is 0. The predicted molar refractivity (Wildman–Crippen MR) is 40.1 cm³/mol. The van der Waals surface area contributed by atoms with Crippen LogP contribution < -0.4 is 0 Å². The minimum absolute atomic E-state index is 0.114. The molecule has 2 N–H and O–H groups in total. The van der Waals surface area contributed by atoms with Crippen LogP contribution in [0.5, 0.6) is 0 Å². The lowest BCUT2D eigenvalue weighted by Crippen LogP contribution is -2.24. The molecule has 68 valence electrons. The molecule has 0 aromatic carbocycles. The highest BCUT2D eigenvalue weighted by molar-refractivity contribution is 4.49. The molecule has 0 rings (SSSR count). The molecule has 0 aliphatic heterocycles. The van der Waals surface area contributed by atoms with Gasteiger partial charge in [-0.25, -0.2) is 0 Å². The first-order chi connectivity index (χ1) is 5.24. The lowest BCUT2D eigenvalue weighted by molar-refractivity contribution is -0.146. The average molecular weight is 164 g/mol. The van der Waals surface area contributed by atoms with Crippen molar-refractivity contribution in [1.82, 2.24) is 0 Å². The lowest BCUT2D eigenvalue weighted by Gasteiger charge is -2.15. The van der Waals surface area contributed by atoms with E-state index in [2.05, 4.69) is 0 Å². The normalized spacial score (nSPS) is 16.4. The number of hydrogen-bond donors (Lipinski definition) is 2. The van der Waals surface area contributed by atoms with Gasteiger partial charge in [-0.2, -0.15) is 0 Å². The maximum atomic E-state index is 8.87. The first kappa shape index (κ1) is 10.8. The molecule has 0 saturated carbocycles. The van der Waals surface area contributed by atoms with Gasteiger partial charge in [0.15, 0.2) is 6.29 Å². The van der Waals surface area contributed by atoms with E-state index in [1.807, 2.05) is 6.92 Å². The van der Waals surface area contributed by atoms with Crippen LogP contribution in [0.1, 0.15) is 13.3 Å². The fourth-order valence-electron chi connectivity index (χ4n) is 0.624. The minimum atomic E-state index is -0.806. The van der Waals surface area contributed by atoms with Gasteiger partial charge < -0.3 is 19.7 Å². The van der Waals surface area contributed by atoms with Crippen LogP contribution in [0.3, 0.4) is 0 Å². The number of aliphatic hydroxyl groups excluding tert-OH is 2. The molecule has 4 nitrogen and oxygen atoms in total. The fourth-order valence-corrected chi connectivity index (χ4v) is 0.624. The largest absolute Gasteiger partial charge is 0.394 e. The Morgan fingerprint density at radius 3 is 2.45 bits per heavy atom. The molecule has 2 unspecified atom stereocenters. The van der Waals surface area contributed by atoms with Gasteiger partial charge in [-0.15, -0.1) is 0 Å². The molecule has 0 radical (unpaired) electrons. The number of hydrogen-bond acceptors (Lipinski definition) is 4. The molecule has 2 atom stereocenters. The molecule has 0 amide bonds. The first-order valence-electron chi connectivity index (χ1n) is 3.67. The van der Waals surface area contributed by atoms with Crippen LogP contribution in [0, 0.1) is 0 Å². The van der Waals surface area contributed by atoms with E-state index in [1.54, 1.807) is 7.11 Å². The molecular formula is C7H16O4. The Balaban J connectivity index is 3.34. The quantitative estimate of drug-likeness (QED) is 0.531. The maximum Gasteiger partial charge on any atom is 0.157 e. The highest BCUT2D eigenvalue weighted by Crippen LogP contribution is 1.98. The summed E-state index contributed by atoms with van der Waals surface area (Å²) in [7, 11) is 1.54. The van der Waals surface area contributed by atoms with Crippen molar-refractivity contribution in [2.24, 2.45) is 0 Å². The van der Waals surface area contributed by atoms with Gasteiger partial charge in [0.05, 0.1) is 13.2 Å². The summed E-state index contributed by atoms with van der Waals surface area (Å²) in [6, 6.07) is 0. The van der Waals surface area contributed by atoms with Crippen molar-refractivity contribution >= 4 is 0 Å². The average Bonchev–Trinajstić information content (AvgIpc) is 2.06. The van der Waals surface area contributed by atoms with Gasteiger partial charge in [-0.1, -0.05) is 6.92 Å². The van der Waals surface area contributed by atoms with Crippen LogP contribution in [0.4, 0.5) is 0 Å². The third-order valence-corrected chi connectivity index (χ3v) is 1.28. The van der Waals surface area contributed by atoms with E-state index in [9.17, 15) is 0 Å². The van der Waals surface area contributed by atoms with E-state index in [1.165, 1.54) is 0 Å². The zero-order valence-corrected chi connectivity index (χ0v) is 6.99. The molecule has 0 saturated heterocycles. The number of methoxy groups -OCH3 is 1. The molecule has 0 aromatic rings. The summed E-state index contributed by atoms with van der Waals surface area (Å²) in [6.45, 7) is 1.75. The zero-order chi connectivity index (χ0) is 8.69. The van der Waals surface area contributed by atoms with Crippen LogP contribution >= 0.6 is 0 Å². The Morgan fingerprint density at radius 1 is 1.45 bits per heavy atom. The molecule has 0 heterocycles. The summed E-state index contributed by atoms with van der Waals surface area (Å²) < 4.78 is 9.94. The number of rotatable bonds is 6. The van der Waals surface area contributed by atoms with Crippen molar-refractivity contribution in [2.75, 3.05) is 20.3 Å². The Morgan fingerprint density at radius 2 is 2.09 bits per heavy atom. The molecule has 0 aromatic heterocycles. The zero-order valence-electron chi connectivity index (χ0n) is 6.99. The monoisotopic (exact) mass is 164 g/mol. The highest BCUT2D eigenvalue weighted by Gasteiger charge is 2.07. The van der Waals surface area contributed by atoms with Gasteiger partial charge >= 0.3 is 0 Å². The second-order valence-corrected chi connectivity index (χ2v) is 2.24. The molecule has 4 heteroatoms. The first-order valence-corrected chi connectivity index (χ1v) is 3.67. The number of ether oxygens (including phenoxy) is 2. The second kappa shape index (κ2) is 6.54. The standard InChI is InChI=1S/C7H16O4/c1-3-7(10-2)11-5-6(9)4-8/h6-9H,3-5H2,1-2H3. The second-order valence-electron chi connectivity index (χ2n) is 2.24. The Hall–Kier alpha value is -0.160. The topological polar surface area (TPSA) is 58.9 Å². The Kier molecular flexibility index (Phi) is 6.45. The summed E-state index contributed by atoms with van der Waals surface area (Å²) in [5.41, 5.74) is 0. The van der Waals surface area contributed by atoms with Crippen molar-refractivity contribution in [1.29, 1.82) is 0 Å². The van der Waals surface area contributed by atoms with Gasteiger partial charge in [0, 0.05) is 7.11 Å². The van der Waals surface area contributed by atoms with Gasteiger partial charge in [0.2, 0.25) is 0 Å². The van der Waals surface area contributed by atoms with Gasteiger partial charge in [-0.05, 0) is 6.42 Å². The lowest BCUT2D eigenvalue weighted by atomic mass is 10.4. The van der Waals surface area contributed by atoms with Gasteiger partial charge in [0.25, 0.3) is 0 Å². The van der Waals surface area contributed by atoms with Crippen molar-refractivity contribution in [3.63, 3.8) is 0 Å². The van der Waals surface area contributed by atoms with E-state index in [-0.39, 0.29) is 19.5 Å². The van der Waals surface area contributed by atoms with Crippen LogP contribution in [-0.4, -0.2) is 42.9 Å². The van der Waals surface area contributed by atoms with Crippen LogP contribution in [0.25, 0.3) is 0 Å². The molecule has 0 aliphatic rings. The molecule has 0 fully saturated rings. The SMILES string of the molecule is CCC(OC)OCC(O)CO. The van der Waals surface area contributed by atoms with Crippen molar-refractivity contribution < 1.29 is 19.7 Å². The summed E-state index contributed by atoms with van der Waals surface area (Å²) >= 11 is 0. The Bertz CT molecular complexity index is 82.5. The third kappa shape index (κ3) is 5.15.